The van der Waals surface area contributed by atoms with Crippen LogP contribution in [0.5, 0.6) is 0 Å². The molecule has 0 aromatic heterocycles. The molecule has 6 aromatic carbocycles. The number of aliphatic carboxylic acids is 1. The van der Waals surface area contributed by atoms with E-state index in [0.717, 1.165) is 85.7 Å². The second kappa shape index (κ2) is 45.1. The van der Waals surface area contributed by atoms with Crippen molar-refractivity contribution in [2.75, 3.05) is 152 Å². The maximum atomic E-state index is 12.8. The predicted molar refractivity (Wildman–Crippen MR) is 438 cm³/mol. The largest absolute Gasteiger partial charge is 0.480 e. The molecule has 10 N–H and O–H groups in total. The number of nitrogens with one attached hydrogen (secondary N) is 5. The number of ether oxygens (including phenoxy) is 4. The molecule has 113 heavy (non-hydrogen) atoms. The molecular weight excluding hydrogens is 1520 g/mol. The van der Waals surface area contributed by atoms with Crippen LogP contribution in [0.2, 0.25) is 23.7 Å². The number of anilines is 9. The maximum absolute atomic E-state index is 12.8. The van der Waals surface area contributed by atoms with E-state index in [9.17, 15) is 53.0 Å². The zero-order valence-corrected chi connectivity index (χ0v) is 65.2. The molecule has 0 saturated carbocycles. The number of amides is 9. The van der Waals surface area contributed by atoms with Gasteiger partial charge in [-0.25, -0.2) is 4.79 Å². The zero-order chi connectivity index (χ0) is 80.1. The Labute approximate surface area is 672 Å². The summed E-state index contributed by atoms with van der Waals surface area (Å²) < 4.78 is 20.4. The Hall–Kier alpha value is -9.87. The van der Waals surface area contributed by atoms with Crippen LogP contribution in [-0.4, -0.2) is 239 Å². The number of benzene rings is 6. The molecule has 14 rings (SSSR count). The molecule has 8 heterocycles. The van der Waals surface area contributed by atoms with E-state index in [1.54, 1.807) is 145 Å². The number of likely N-dealkylation sites (tertiary alicyclic amines) is 1. The number of carbonyl (C=O) groups is 10. The van der Waals surface area contributed by atoms with Gasteiger partial charge in [-0.2, -0.15) is 0 Å². The molecule has 0 spiro atoms. The number of halogens is 3. The SMILES string of the molecule is CB(O)N1CCC[C@@H]1C(=O)Nc1ccc(N2CCOCC2=O)cc1.CB(O)N1CCC[C@@H]1C(=O)O.Cl.Nc1ccc(N2CCOCC2=O)cc1.O=C(Nc1ccc(N2CCOCC2=O)cc1)[C@H]1CCCN1.O=C(Nc1ccc(N2CCOCC2=O)cc1)[C@H]1CCCN1C(=O)Nc1ccc(Cl)cc1.O=CC=Nc1ccc(Cl)cc1. The lowest BCUT2D eigenvalue weighted by molar-refractivity contribution is -0.141. The van der Waals surface area contributed by atoms with Gasteiger partial charge in [0, 0.05) is 94.0 Å². The average molecular weight is 1620 g/mol. The third-order valence-electron chi connectivity index (χ3n) is 19.0. The fraction of sp³-hybridized carbons (Fsp3) is 0.390. The van der Waals surface area contributed by atoms with Gasteiger partial charge < -0.3 is 101 Å². The van der Waals surface area contributed by atoms with Crippen LogP contribution in [0.25, 0.3) is 0 Å². The van der Waals surface area contributed by atoms with Gasteiger partial charge in [-0.05, 0) is 230 Å². The highest BCUT2D eigenvalue weighted by atomic mass is 35.5. The number of aliphatic imine (C=N–C) groups is 1. The van der Waals surface area contributed by atoms with Crippen molar-refractivity contribution in [2.45, 2.75) is 89.2 Å². The second-order valence-corrected chi connectivity index (χ2v) is 27.7. The topological polar surface area (TPSA) is 390 Å². The fourth-order valence-corrected chi connectivity index (χ4v) is 13.5. The van der Waals surface area contributed by atoms with Crippen LogP contribution in [-0.2, 0) is 62.1 Å². The Morgan fingerprint density at radius 1 is 0.478 bits per heavy atom. The summed E-state index contributed by atoms with van der Waals surface area (Å²) in [6.07, 6.45) is 8.27. The van der Waals surface area contributed by atoms with E-state index in [-0.39, 0.29) is 98.3 Å². The van der Waals surface area contributed by atoms with Gasteiger partial charge in [0.05, 0.1) is 50.4 Å². The van der Waals surface area contributed by atoms with Gasteiger partial charge >= 0.3 is 26.1 Å². The first-order valence-electron chi connectivity index (χ1n) is 37.0. The van der Waals surface area contributed by atoms with Gasteiger partial charge in [0.25, 0.3) is 23.6 Å². The quantitative estimate of drug-likeness (QED) is 0.0195. The number of nitrogens with zero attached hydrogens (tertiary/aromatic N) is 8. The van der Waals surface area contributed by atoms with E-state index in [0.29, 0.717) is 118 Å². The number of hydrogen-bond donors (Lipinski definition) is 9. The average Bonchev–Trinajstić information content (AvgIpc) is 1.24. The number of aldehydes is 1. The van der Waals surface area contributed by atoms with Gasteiger partial charge in [-0.3, -0.25) is 48.1 Å². The Kier molecular flexibility index (Phi) is 35.4. The predicted octanol–water partition coefficient (Wildman–Crippen LogP) is 7.58. The zero-order valence-electron chi connectivity index (χ0n) is 62.8. The molecule has 6 aromatic rings. The summed E-state index contributed by atoms with van der Waals surface area (Å²) in [4.78, 5) is 133. The Bertz CT molecular complexity index is 4160. The molecule has 0 unspecified atom stereocenters. The molecular formula is C77H95B2Cl3N14O17. The molecule has 31 nitrogen and oxygen atoms in total. The highest BCUT2D eigenvalue weighted by molar-refractivity contribution is 6.46. The van der Waals surface area contributed by atoms with Crippen LogP contribution < -0.4 is 51.9 Å². The van der Waals surface area contributed by atoms with Crippen LogP contribution in [0.15, 0.2) is 151 Å². The fourth-order valence-electron chi connectivity index (χ4n) is 13.3. The van der Waals surface area contributed by atoms with Crippen molar-refractivity contribution in [3.05, 3.63) is 156 Å². The van der Waals surface area contributed by atoms with Crippen molar-refractivity contribution in [1.82, 2.24) is 19.8 Å². The van der Waals surface area contributed by atoms with Gasteiger partial charge in [0.2, 0.25) is 17.7 Å². The third-order valence-corrected chi connectivity index (χ3v) is 19.5. The lowest BCUT2D eigenvalue weighted by Crippen LogP contribution is -2.46. The van der Waals surface area contributed by atoms with Crippen molar-refractivity contribution >= 4 is 172 Å². The Balaban J connectivity index is 0.000000177. The first-order chi connectivity index (χ1) is 54.0. The summed E-state index contributed by atoms with van der Waals surface area (Å²) in [6.45, 7) is 11.0. The molecule has 8 fully saturated rings. The van der Waals surface area contributed by atoms with Crippen molar-refractivity contribution in [3.63, 3.8) is 0 Å². The molecule has 8 saturated heterocycles. The Morgan fingerprint density at radius 3 is 1.21 bits per heavy atom. The smallest absolute Gasteiger partial charge is 0.377 e. The standard InChI is InChI=1S/C22H23ClN4O4.C16H22BN3O4.C15H19N3O3.C10H12N2O2.C8H6ClNO.C6H12BNO3.ClH/c23-15-3-5-17(6-4-15)25-22(30)27-11-1-2-19(27)21(29)24-16-7-9-18(10-8-16)26-12-13-31-14-20(26)28;1-17(23)20-8-2-3-14(20)16(22)18-12-4-6-13(7-5-12)19-9-10-24-11-15(19)21;19-14-10-21-9-8-18(14)12-5-3-11(4-6-12)17-15(20)13-2-1-7-16-13;11-8-1-3-9(4-2-8)12-5-6-14-7-10(12)13;9-7-1-3-8(4-2-7)10-5-6-11;1-7(11)8-4-2-3-5(8)6(9)10;/h3-10,19H,1-2,11-14H2,(H,24,29)(H,25,30);4-7,14,23H,2-3,8-11H2,1H3,(H,18,22);3-6,13,16H,1-2,7-10H2,(H,17,20);1-4H,5-7,11H2;1-6H;5,11H,2-4H2,1H3,(H,9,10);1H/t19-;14-;13-;;;5-;/m111..1./s1. The van der Waals surface area contributed by atoms with Crippen molar-refractivity contribution in [3.8, 4) is 0 Å². The number of urea groups is 1. The lowest BCUT2D eigenvalue weighted by Gasteiger charge is -2.27. The van der Waals surface area contributed by atoms with Crippen LogP contribution in [0.4, 0.5) is 61.7 Å². The second-order valence-electron chi connectivity index (χ2n) is 26.8. The summed E-state index contributed by atoms with van der Waals surface area (Å²) in [5.41, 5.74) is 12.9. The Morgan fingerprint density at radius 2 is 0.832 bits per heavy atom. The maximum Gasteiger partial charge on any atom is 0.377 e. The summed E-state index contributed by atoms with van der Waals surface area (Å²) >= 11 is 11.5. The van der Waals surface area contributed by atoms with Gasteiger partial charge in [-0.15, -0.1) is 12.4 Å². The first-order valence-corrected chi connectivity index (χ1v) is 37.8. The summed E-state index contributed by atoms with van der Waals surface area (Å²) in [5, 5.41) is 43.4. The minimum Gasteiger partial charge on any atom is -0.480 e. The van der Waals surface area contributed by atoms with Gasteiger partial charge in [0.15, 0.2) is 6.29 Å². The minimum atomic E-state index is -0.830. The summed E-state index contributed by atoms with van der Waals surface area (Å²) in [5.74, 6) is -1.35. The molecule has 4 atom stereocenters. The van der Waals surface area contributed by atoms with E-state index in [1.807, 2.05) is 48.5 Å². The third kappa shape index (κ3) is 26.9. The molecule has 602 valence electrons. The van der Waals surface area contributed by atoms with Gasteiger partial charge in [0.1, 0.15) is 38.5 Å². The number of carboxylic acid groups (broad SMARTS) is 1. The molecule has 0 aliphatic carbocycles. The van der Waals surface area contributed by atoms with Crippen molar-refractivity contribution < 1.29 is 82.0 Å². The molecule has 0 radical (unpaired) electrons. The van der Waals surface area contributed by atoms with Crippen LogP contribution in [0, 0.1) is 0 Å². The normalized spacial score (nSPS) is 19.5. The van der Waals surface area contributed by atoms with E-state index in [4.69, 9.17) is 58.0 Å². The number of rotatable bonds is 16. The highest BCUT2D eigenvalue weighted by Gasteiger charge is 2.38. The monoisotopic (exact) mass is 1610 g/mol. The van der Waals surface area contributed by atoms with Crippen LogP contribution in [0.1, 0.15) is 51.4 Å². The lowest BCUT2D eigenvalue weighted by atomic mass is 9.84. The van der Waals surface area contributed by atoms with E-state index >= 15 is 0 Å². The molecule has 0 bridgehead atoms. The number of nitrogen functional groups attached to an aromatic ring is 1. The number of carbonyl (C=O) groups excluding carboxylic acids is 9. The van der Waals surface area contributed by atoms with E-state index < -0.39 is 32.2 Å². The number of hydrogen-bond acceptors (Lipinski definition) is 21. The molecule has 8 aliphatic heterocycles. The molecule has 8 aliphatic rings. The first kappa shape index (κ1) is 88.7. The highest BCUT2D eigenvalue weighted by Crippen LogP contribution is 2.28. The number of carboxylic acids is 1. The van der Waals surface area contributed by atoms with Crippen molar-refractivity contribution in [1.29, 1.82) is 0 Å². The summed E-state index contributed by atoms with van der Waals surface area (Å²) in [7, 11) is -1.27. The number of nitrogens with two attached hydrogens (primary N) is 1. The van der Waals surface area contributed by atoms with E-state index in [2.05, 4.69) is 31.6 Å². The molecule has 9 amide bonds. The summed E-state index contributed by atoms with van der Waals surface area (Å²) in [6, 6.07) is 40.9. The van der Waals surface area contributed by atoms with E-state index in [1.165, 1.54) is 6.21 Å². The van der Waals surface area contributed by atoms with Crippen molar-refractivity contribution in [2.24, 2.45) is 4.99 Å². The van der Waals surface area contributed by atoms with Crippen LogP contribution >= 0.6 is 35.6 Å². The van der Waals surface area contributed by atoms with Gasteiger partial charge in [-0.1, -0.05) is 23.2 Å². The number of morpholine rings is 4. The van der Waals surface area contributed by atoms with Crippen LogP contribution in [0.3, 0.4) is 0 Å². The molecule has 36 heteroatoms. The minimum absolute atomic E-state index is 0.